The third-order valence-corrected chi connectivity index (χ3v) is 2.38. The summed E-state index contributed by atoms with van der Waals surface area (Å²) in [5.74, 6) is -0.172. The standard InChI is InChI=1S/C10H14N2O2/c1-2-5-12(6-7-13)9(14)10(8-11)3-4-10/h2,13H,1,3-7H2. The van der Waals surface area contributed by atoms with Gasteiger partial charge in [0.1, 0.15) is 5.41 Å². The minimum atomic E-state index is -0.793. The highest BCUT2D eigenvalue weighted by Gasteiger charge is 2.52. The first-order valence-corrected chi connectivity index (χ1v) is 4.62. The van der Waals surface area contributed by atoms with Crippen molar-refractivity contribution in [2.45, 2.75) is 12.8 Å². The van der Waals surface area contributed by atoms with Crippen molar-refractivity contribution in [3.8, 4) is 6.07 Å². The number of nitrogens with zero attached hydrogens (tertiary/aromatic N) is 2. The minimum Gasteiger partial charge on any atom is -0.395 e. The van der Waals surface area contributed by atoms with Crippen LogP contribution in [0.2, 0.25) is 0 Å². The molecule has 1 aliphatic rings. The Labute approximate surface area is 83.4 Å². The summed E-state index contributed by atoms with van der Waals surface area (Å²) in [7, 11) is 0. The van der Waals surface area contributed by atoms with Gasteiger partial charge in [-0.15, -0.1) is 6.58 Å². The highest BCUT2D eigenvalue weighted by Crippen LogP contribution is 2.46. The molecule has 0 aromatic rings. The van der Waals surface area contributed by atoms with Gasteiger partial charge in [-0.25, -0.2) is 0 Å². The maximum Gasteiger partial charge on any atom is 0.243 e. The fraction of sp³-hybridized carbons (Fsp3) is 0.600. The number of carbonyl (C=O) groups is 1. The van der Waals surface area contributed by atoms with Gasteiger partial charge in [-0.2, -0.15) is 5.26 Å². The Bertz CT molecular complexity index is 276. The minimum absolute atomic E-state index is 0.0823. The van der Waals surface area contributed by atoms with E-state index in [9.17, 15) is 4.79 Å². The van der Waals surface area contributed by atoms with Crippen LogP contribution in [0.5, 0.6) is 0 Å². The van der Waals surface area contributed by atoms with Crippen LogP contribution in [-0.2, 0) is 4.79 Å². The van der Waals surface area contributed by atoms with E-state index in [4.69, 9.17) is 10.4 Å². The van der Waals surface area contributed by atoms with Gasteiger partial charge < -0.3 is 10.0 Å². The van der Waals surface area contributed by atoms with E-state index in [-0.39, 0.29) is 19.1 Å². The van der Waals surface area contributed by atoms with Crippen molar-refractivity contribution >= 4 is 5.91 Å². The lowest BCUT2D eigenvalue weighted by Crippen LogP contribution is -2.38. The highest BCUT2D eigenvalue weighted by atomic mass is 16.3. The summed E-state index contributed by atoms with van der Waals surface area (Å²) in [5.41, 5.74) is -0.793. The molecular formula is C10H14N2O2. The summed E-state index contributed by atoms with van der Waals surface area (Å²) in [6.45, 7) is 4.12. The lowest BCUT2D eigenvalue weighted by Gasteiger charge is -2.22. The smallest absolute Gasteiger partial charge is 0.243 e. The van der Waals surface area contributed by atoms with Crippen LogP contribution in [0.3, 0.4) is 0 Å². The van der Waals surface area contributed by atoms with Gasteiger partial charge in [0.2, 0.25) is 5.91 Å². The van der Waals surface area contributed by atoms with Gasteiger partial charge in [-0.1, -0.05) is 6.08 Å². The van der Waals surface area contributed by atoms with Crippen LogP contribution in [0.15, 0.2) is 12.7 Å². The third kappa shape index (κ3) is 1.94. The molecule has 0 aliphatic heterocycles. The summed E-state index contributed by atoms with van der Waals surface area (Å²) in [4.78, 5) is 13.3. The Kier molecular flexibility index (Phi) is 3.26. The van der Waals surface area contributed by atoms with Crippen molar-refractivity contribution in [2.24, 2.45) is 5.41 Å². The number of nitriles is 1. The van der Waals surface area contributed by atoms with Crippen molar-refractivity contribution in [1.82, 2.24) is 4.90 Å². The third-order valence-electron chi connectivity index (χ3n) is 2.38. The number of hydrogen-bond acceptors (Lipinski definition) is 3. The first-order chi connectivity index (χ1) is 6.70. The van der Waals surface area contributed by atoms with Crippen LogP contribution < -0.4 is 0 Å². The van der Waals surface area contributed by atoms with Crippen LogP contribution >= 0.6 is 0 Å². The molecule has 0 radical (unpaired) electrons. The number of aliphatic hydroxyl groups excluding tert-OH is 1. The summed E-state index contributed by atoms with van der Waals surface area (Å²) in [5, 5.41) is 17.6. The summed E-state index contributed by atoms with van der Waals surface area (Å²) < 4.78 is 0. The molecule has 0 bridgehead atoms. The number of amides is 1. The quantitative estimate of drug-likeness (QED) is 0.640. The summed E-state index contributed by atoms with van der Waals surface area (Å²) in [6.07, 6.45) is 2.88. The van der Waals surface area contributed by atoms with Crippen molar-refractivity contribution < 1.29 is 9.90 Å². The Hall–Kier alpha value is -1.34. The summed E-state index contributed by atoms with van der Waals surface area (Å²) >= 11 is 0. The van der Waals surface area contributed by atoms with Gasteiger partial charge in [0.25, 0.3) is 0 Å². The second-order valence-electron chi connectivity index (χ2n) is 3.46. The molecule has 4 heteroatoms. The number of hydrogen-bond donors (Lipinski definition) is 1. The molecule has 1 aliphatic carbocycles. The van der Waals surface area contributed by atoms with E-state index in [1.807, 2.05) is 6.07 Å². The normalized spacial score (nSPS) is 16.9. The zero-order valence-corrected chi connectivity index (χ0v) is 8.07. The second-order valence-corrected chi connectivity index (χ2v) is 3.46. The molecule has 1 amide bonds. The molecule has 4 nitrogen and oxygen atoms in total. The fourth-order valence-corrected chi connectivity index (χ4v) is 1.35. The van der Waals surface area contributed by atoms with E-state index in [2.05, 4.69) is 6.58 Å². The molecule has 0 spiro atoms. The molecule has 1 rings (SSSR count). The number of carbonyl (C=O) groups excluding carboxylic acids is 1. The van der Waals surface area contributed by atoms with E-state index in [1.165, 1.54) is 4.90 Å². The van der Waals surface area contributed by atoms with Gasteiger partial charge in [-0.05, 0) is 12.8 Å². The largest absolute Gasteiger partial charge is 0.395 e. The lowest BCUT2D eigenvalue weighted by atomic mass is 10.1. The molecule has 14 heavy (non-hydrogen) atoms. The van der Waals surface area contributed by atoms with E-state index in [1.54, 1.807) is 6.08 Å². The molecule has 0 saturated heterocycles. The van der Waals surface area contributed by atoms with E-state index in [0.29, 0.717) is 19.4 Å². The Balaban J connectivity index is 2.64. The van der Waals surface area contributed by atoms with Crippen molar-refractivity contribution in [1.29, 1.82) is 5.26 Å². The highest BCUT2D eigenvalue weighted by molar-refractivity contribution is 5.88. The zero-order valence-electron chi connectivity index (χ0n) is 8.07. The Morgan fingerprint density at radius 1 is 1.71 bits per heavy atom. The van der Waals surface area contributed by atoms with Crippen LogP contribution in [0.25, 0.3) is 0 Å². The van der Waals surface area contributed by atoms with E-state index in [0.717, 1.165) is 0 Å². The Morgan fingerprint density at radius 3 is 2.71 bits per heavy atom. The average molecular weight is 194 g/mol. The van der Waals surface area contributed by atoms with Crippen molar-refractivity contribution in [3.63, 3.8) is 0 Å². The molecular weight excluding hydrogens is 180 g/mol. The fourth-order valence-electron chi connectivity index (χ4n) is 1.35. The number of rotatable bonds is 5. The van der Waals surface area contributed by atoms with Crippen molar-refractivity contribution in [3.05, 3.63) is 12.7 Å². The average Bonchev–Trinajstić information content (AvgIpc) is 2.97. The lowest BCUT2D eigenvalue weighted by molar-refractivity contribution is -0.134. The van der Waals surface area contributed by atoms with E-state index < -0.39 is 5.41 Å². The predicted molar refractivity (Wildman–Crippen MR) is 51.1 cm³/mol. The van der Waals surface area contributed by atoms with Gasteiger partial charge in [-0.3, -0.25) is 4.79 Å². The first kappa shape index (κ1) is 10.7. The molecule has 0 atom stereocenters. The molecule has 0 aromatic carbocycles. The zero-order chi connectivity index (χ0) is 10.6. The molecule has 1 saturated carbocycles. The molecule has 0 unspecified atom stereocenters. The summed E-state index contributed by atoms with van der Waals surface area (Å²) in [6, 6.07) is 2.04. The SMILES string of the molecule is C=CCN(CCO)C(=O)C1(C#N)CC1. The maximum atomic E-state index is 11.8. The topological polar surface area (TPSA) is 64.3 Å². The van der Waals surface area contributed by atoms with Crippen LogP contribution in [-0.4, -0.2) is 35.6 Å². The molecule has 0 heterocycles. The van der Waals surface area contributed by atoms with Crippen LogP contribution in [0.4, 0.5) is 0 Å². The first-order valence-electron chi connectivity index (χ1n) is 4.62. The van der Waals surface area contributed by atoms with Gasteiger partial charge in [0.15, 0.2) is 0 Å². The molecule has 76 valence electrons. The Morgan fingerprint density at radius 2 is 2.36 bits per heavy atom. The van der Waals surface area contributed by atoms with Crippen LogP contribution in [0, 0.1) is 16.7 Å². The monoisotopic (exact) mass is 194 g/mol. The number of aliphatic hydroxyl groups is 1. The van der Waals surface area contributed by atoms with Crippen LogP contribution in [0.1, 0.15) is 12.8 Å². The van der Waals surface area contributed by atoms with Gasteiger partial charge >= 0.3 is 0 Å². The second kappa shape index (κ2) is 4.25. The van der Waals surface area contributed by atoms with Gasteiger partial charge in [0, 0.05) is 13.1 Å². The van der Waals surface area contributed by atoms with Crippen molar-refractivity contribution in [2.75, 3.05) is 19.7 Å². The maximum absolute atomic E-state index is 11.8. The molecule has 0 aromatic heterocycles. The van der Waals surface area contributed by atoms with Gasteiger partial charge in [0.05, 0.1) is 12.7 Å². The van der Waals surface area contributed by atoms with E-state index >= 15 is 0 Å². The predicted octanol–water partition coefficient (Wildman–Crippen LogP) is 0.297. The molecule has 1 N–H and O–H groups in total. The molecule has 1 fully saturated rings.